The molecule has 0 aromatic carbocycles. The zero-order valence-electron chi connectivity index (χ0n) is 10.2. The zero-order valence-corrected chi connectivity index (χ0v) is 10.2. The van der Waals surface area contributed by atoms with E-state index in [0.717, 1.165) is 25.8 Å². The third-order valence-corrected chi connectivity index (χ3v) is 2.96. The normalized spacial score (nSPS) is 17.2. The molecule has 1 heterocycles. The van der Waals surface area contributed by atoms with Crippen LogP contribution in [0.2, 0.25) is 0 Å². The molecule has 1 aliphatic rings. The molecule has 0 unspecified atom stereocenters. The number of hydrogen-bond acceptors (Lipinski definition) is 2. The van der Waals surface area contributed by atoms with Crippen molar-refractivity contribution in [3.8, 4) is 6.07 Å². The molecule has 0 aromatic heterocycles. The largest absolute Gasteiger partial charge is 0.338 e. The average Bonchev–Trinajstić information content (AvgIpc) is 2.28. The van der Waals surface area contributed by atoms with Crippen molar-refractivity contribution in [3.05, 3.63) is 0 Å². The van der Waals surface area contributed by atoms with Crippen molar-refractivity contribution >= 4 is 6.03 Å². The van der Waals surface area contributed by atoms with E-state index in [1.807, 2.05) is 4.90 Å². The summed E-state index contributed by atoms with van der Waals surface area (Å²) >= 11 is 0. The van der Waals surface area contributed by atoms with Gasteiger partial charge in [0.2, 0.25) is 0 Å². The van der Waals surface area contributed by atoms with Gasteiger partial charge in [-0.25, -0.2) is 4.79 Å². The van der Waals surface area contributed by atoms with Gasteiger partial charge >= 0.3 is 6.03 Å². The van der Waals surface area contributed by atoms with Gasteiger partial charge < -0.3 is 10.2 Å². The Hall–Kier alpha value is -1.24. The van der Waals surface area contributed by atoms with Crippen molar-refractivity contribution in [2.75, 3.05) is 19.6 Å². The molecule has 0 aromatic rings. The van der Waals surface area contributed by atoms with Gasteiger partial charge in [0.05, 0.1) is 6.07 Å². The van der Waals surface area contributed by atoms with Crippen molar-refractivity contribution in [1.29, 1.82) is 5.26 Å². The highest BCUT2D eigenvalue weighted by Crippen LogP contribution is 2.15. The van der Waals surface area contributed by atoms with E-state index in [0.29, 0.717) is 19.0 Å². The Morgan fingerprint density at radius 3 is 2.62 bits per heavy atom. The first-order valence-electron chi connectivity index (χ1n) is 6.06. The van der Waals surface area contributed by atoms with Crippen molar-refractivity contribution < 1.29 is 4.79 Å². The molecular formula is C12H21N3O. The third-order valence-electron chi connectivity index (χ3n) is 2.96. The maximum atomic E-state index is 11.7. The fraction of sp³-hybridized carbons (Fsp3) is 0.833. The molecule has 4 nitrogen and oxygen atoms in total. The molecule has 0 saturated carbocycles. The molecule has 0 radical (unpaired) electrons. The Kier molecular flexibility index (Phi) is 5.10. The Bertz CT molecular complexity index is 262. The fourth-order valence-corrected chi connectivity index (χ4v) is 1.79. The monoisotopic (exact) mass is 223 g/mol. The standard InChI is InChI=1S/C12H21N3O/c1-10(2)3-6-14-12(16)15-7-4-11(9-13)5-8-15/h10-11H,3-8H2,1-2H3,(H,14,16). The lowest BCUT2D eigenvalue weighted by Crippen LogP contribution is -2.44. The molecule has 0 spiro atoms. The van der Waals surface area contributed by atoms with Crippen molar-refractivity contribution in [3.63, 3.8) is 0 Å². The van der Waals surface area contributed by atoms with Crippen LogP contribution in [0, 0.1) is 23.2 Å². The Morgan fingerprint density at radius 2 is 2.12 bits per heavy atom. The summed E-state index contributed by atoms with van der Waals surface area (Å²) in [5.41, 5.74) is 0. The van der Waals surface area contributed by atoms with Crippen LogP contribution in [0.5, 0.6) is 0 Å². The maximum Gasteiger partial charge on any atom is 0.317 e. The first-order valence-corrected chi connectivity index (χ1v) is 6.06. The zero-order chi connectivity index (χ0) is 12.0. The highest BCUT2D eigenvalue weighted by atomic mass is 16.2. The van der Waals surface area contributed by atoms with Gasteiger partial charge in [0.1, 0.15) is 0 Å². The number of piperidine rings is 1. The summed E-state index contributed by atoms with van der Waals surface area (Å²) < 4.78 is 0. The molecule has 4 heteroatoms. The van der Waals surface area contributed by atoms with Crippen LogP contribution in [0.15, 0.2) is 0 Å². The highest BCUT2D eigenvalue weighted by Gasteiger charge is 2.21. The van der Waals surface area contributed by atoms with Gasteiger partial charge in [0, 0.05) is 25.6 Å². The number of nitrogens with zero attached hydrogens (tertiary/aromatic N) is 2. The number of amides is 2. The van der Waals surface area contributed by atoms with Crippen LogP contribution < -0.4 is 5.32 Å². The van der Waals surface area contributed by atoms with E-state index < -0.39 is 0 Å². The molecule has 0 atom stereocenters. The van der Waals surface area contributed by atoms with Gasteiger partial charge in [-0.15, -0.1) is 0 Å². The van der Waals surface area contributed by atoms with E-state index in [2.05, 4.69) is 25.2 Å². The summed E-state index contributed by atoms with van der Waals surface area (Å²) in [5, 5.41) is 11.7. The molecule has 1 saturated heterocycles. The molecule has 90 valence electrons. The SMILES string of the molecule is CC(C)CCNC(=O)N1CCC(C#N)CC1. The van der Waals surface area contributed by atoms with Gasteiger partial charge in [-0.2, -0.15) is 5.26 Å². The summed E-state index contributed by atoms with van der Waals surface area (Å²) in [6.07, 6.45) is 2.64. The quantitative estimate of drug-likeness (QED) is 0.795. The highest BCUT2D eigenvalue weighted by molar-refractivity contribution is 5.74. The van der Waals surface area contributed by atoms with Crippen LogP contribution in [0.1, 0.15) is 33.1 Å². The maximum absolute atomic E-state index is 11.7. The average molecular weight is 223 g/mol. The molecule has 1 N–H and O–H groups in total. The first kappa shape index (κ1) is 12.8. The number of urea groups is 1. The van der Waals surface area contributed by atoms with Gasteiger partial charge in [-0.05, 0) is 25.2 Å². The Balaban J connectivity index is 2.21. The molecule has 16 heavy (non-hydrogen) atoms. The van der Waals surface area contributed by atoms with Crippen LogP contribution in [0.25, 0.3) is 0 Å². The fourth-order valence-electron chi connectivity index (χ4n) is 1.79. The van der Waals surface area contributed by atoms with E-state index in [9.17, 15) is 4.79 Å². The lowest BCUT2D eigenvalue weighted by molar-refractivity contribution is 0.178. The summed E-state index contributed by atoms with van der Waals surface area (Å²) in [7, 11) is 0. The summed E-state index contributed by atoms with van der Waals surface area (Å²) in [4.78, 5) is 13.5. The number of carbonyl (C=O) groups excluding carboxylic acids is 1. The molecular weight excluding hydrogens is 202 g/mol. The first-order chi connectivity index (χ1) is 7.63. The second kappa shape index (κ2) is 6.37. The lowest BCUT2D eigenvalue weighted by Gasteiger charge is -2.29. The molecule has 1 rings (SSSR count). The predicted octanol–water partition coefficient (Wildman–Crippen LogP) is 1.98. The number of rotatable bonds is 3. The van der Waals surface area contributed by atoms with E-state index in [1.54, 1.807) is 0 Å². The van der Waals surface area contributed by atoms with Crippen LogP contribution in [-0.4, -0.2) is 30.6 Å². The minimum Gasteiger partial charge on any atom is -0.338 e. The van der Waals surface area contributed by atoms with Crippen molar-refractivity contribution in [2.24, 2.45) is 11.8 Å². The van der Waals surface area contributed by atoms with Crippen LogP contribution in [0.4, 0.5) is 4.79 Å². The number of likely N-dealkylation sites (tertiary alicyclic amines) is 1. The molecule has 0 bridgehead atoms. The minimum absolute atomic E-state index is 0.0250. The number of nitriles is 1. The van der Waals surface area contributed by atoms with Gasteiger partial charge in [-0.3, -0.25) is 0 Å². The number of hydrogen-bond donors (Lipinski definition) is 1. The van der Waals surface area contributed by atoms with Gasteiger partial charge in [0.25, 0.3) is 0 Å². The smallest absolute Gasteiger partial charge is 0.317 e. The van der Waals surface area contributed by atoms with E-state index in [-0.39, 0.29) is 11.9 Å². The number of nitrogens with one attached hydrogen (secondary N) is 1. The summed E-state index contributed by atoms with van der Waals surface area (Å²) in [6.45, 7) is 6.46. The minimum atomic E-state index is 0.0250. The summed E-state index contributed by atoms with van der Waals surface area (Å²) in [5.74, 6) is 0.754. The van der Waals surface area contributed by atoms with Crippen molar-refractivity contribution in [2.45, 2.75) is 33.1 Å². The van der Waals surface area contributed by atoms with Crippen LogP contribution in [0.3, 0.4) is 0 Å². The summed E-state index contributed by atoms with van der Waals surface area (Å²) in [6, 6.07) is 2.29. The topological polar surface area (TPSA) is 56.1 Å². The third kappa shape index (κ3) is 4.09. The van der Waals surface area contributed by atoms with E-state index >= 15 is 0 Å². The molecule has 0 aliphatic carbocycles. The van der Waals surface area contributed by atoms with E-state index in [1.165, 1.54) is 0 Å². The second-order valence-electron chi connectivity index (χ2n) is 4.80. The molecule has 1 aliphatic heterocycles. The molecule has 2 amide bonds. The second-order valence-corrected chi connectivity index (χ2v) is 4.80. The van der Waals surface area contributed by atoms with E-state index in [4.69, 9.17) is 5.26 Å². The Morgan fingerprint density at radius 1 is 1.50 bits per heavy atom. The molecule has 1 fully saturated rings. The van der Waals surface area contributed by atoms with Crippen molar-refractivity contribution in [1.82, 2.24) is 10.2 Å². The van der Waals surface area contributed by atoms with Crippen LogP contribution in [-0.2, 0) is 0 Å². The lowest BCUT2D eigenvalue weighted by atomic mass is 9.99. The number of carbonyl (C=O) groups is 1. The van der Waals surface area contributed by atoms with Gasteiger partial charge in [-0.1, -0.05) is 13.8 Å². The van der Waals surface area contributed by atoms with Gasteiger partial charge in [0.15, 0.2) is 0 Å². The predicted molar refractivity (Wildman–Crippen MR) is 62.8 cm³/mol. The van der Waals surface area contributed by atoms with Crippen LogP contribution >= 0.6 is 0 Å². The Labute approximate surface area is 97.6 Å².